The van der Waals surface area contributed by atoms with Crippen molar-refractivity contribution in [1.82, 2.24) is 4.98 Å². The van der Waals surface area contributed by atoms with E-state index in [0.717, 1.165) is 40.9 Å². The number of oxazole rings is 1. The summed E-state index contributed by atoms with van der Waals surface area (Å²) >= 11 is 0. The van der Waals surface area contributed by atoms with E-state index in [2.05, 4.69) is 9.24 Å². The summed E-state index contributed by atoms with van der Waals surface area (Å²) in [4.78, 5) is 5.19. The zero-order valence-corrected chi connectivity index (χ0v) is 17.9. The van der Waals surface area contributed by atoms with Crippen LogP contribution in [0.4, 0.5) is 0 Å². The Morgan fingerprint density at radius 1 is 0.929 bits per heavy atom. The minimum absolute atomic E-state index is 0.303. The Balaban J connectivity index is 1.79. The normalized spacial score (nSPS) is 15.6. The minimum atomic E-state index is -3.23. The first-order valence-corrected chi connectivity index (χ1v) is 12.1. The molecule has 146 valence electrons. The first-order valence-electron chi connectivity index (χ1n) is 9.59. The number of hydrogen-bond acceptors (Lipinski definition) is 4. The van der Waals surface area contributed by atoms with Gasteiger partial charge < -0.3 is 4.42 Å². The van der Waals surface area contributed by atoms with Crippen LogP contribution < -0.4 is 5.30 Å². The van der Waals surface area contributed by atoms with Crippen molar-refractivity contribution in [1.29, 1.82) is 0 Å². The van der Waals surface area contributed by atoms with Crippen LogP contribution in [0.1, 0.15) is 43.9 Å². The molecule has 3 aromatic rings. The van der Waals surface area contributed by atoms with Crippen LogP contribution in [-0.2, 0) is 9.84 Å². The van der Waals surface area contributed by atoms with E-state index < -0.39 is 9.84 Å². The number of sulfone groups is 1. The van der Waals surface area contributed by atoms with Crippen LogP contribution in [0, 0.1) is 0 Å². The molecule has 1 aliphatic carbocycles. The lowest BCUT2D eigenvalue weighted by Gasteiger charge is -2.17. The fourth-order valence-electron chi connectivity index (χ4n) is 3.75. The lowest BCUT2D eigenvalue weighted by atomic mass is 9.89. The van der Waals surface area contributed by atoms with Crippen LogP contribution in [-0.4, -0.2) is 19.7 Å². The Morgan fingerprint density at radius 3 is 2.14 bits per heavy atom. The smallest absolute Gasteiger partial charge is 0.198 e. The highest BCUT2D eigenvalue weighted by Crippen LogP contribution is 2.39. The van der Waals surface area contributed by atoms with E-state index in [0.29, 0.717) is 16.6 Å². The van der Waals surface area contributed by atoms with Crippen LogP contribution in [0.15, 0.2) is 57.8 Å². The molecular formula is C22H24NO3PS. The van der Waals surface area contributed by atoms with Gasteiger partial charge in [-0.2, -0.15) is 0 Å². The molecule has 4 rings (SSSR count). The number of hydrogen-bond donors (Lipinski definition) is 0. The van der Waals surface area contributed by atoms with Gasteiger partial charge >= 0.3 is 0 Å². The molecule has 1 fully saturated rings. The van der Waals surface area contributed by atoms with Crippen LogP contribution in [0.2, 0.25) is 0 Å². The van der Waals surface area contributed by atoms with Crippen LogP contribution in [0.5, 0.6) is 0 Å². The molecular weight excluding hydrogens is 389 g/mol. The molecule has 0 saturated heterocycles. The van der Waals surface area contributed by atoms with E-state index in [-0.39, 0.29) is 0 Å². The number of rotatable bonds is 4. The third kappa shape index (κ3) is 4.06. The molecule has 0 N–H and O–H groups in total. The fraction of sp³-hybridized carbons (Fsp3) is 0.318. The maximum Gasteiger partial charge on any atom is 0.198 e. The average molecular weight is 413 g/mol. The van der Waals surface area contributed by atoms with Crippen LogP contribution in [0.3, 0.4) is 0 Å². The lowest BCUT2D eigenvalue weighted by Crippen LogP contribution is -2.04. The van der Waals surface area contributed by atoms with Gasteiger partial charge in [-0.05, 0) is 42.4 Å². The fourth-order valence-corrected chi connectivity index (χ4v) is 4.57. The lowest BCUT2D eigenvalue weighted by molar-refractivity contribution is 0.367. The topological polar surface area (TPSA) is 60.2 Å². The predicted molar refractivity (Wildman–Crippen MR) is 116 cm³/mol. The van der Waals surface area contributed by atoms with Gasteiger partial charge in [0, 0.05) is 23.3 Å². The Morgan fingerprint density at radius 2 is 1.54 bits per heavy atom. The summed E-state index contributed by atoms with van der Waals surface area (Å²) in [6, 6.07) is 15.0. The van der Waals surface area contributed by atoms with Gasteiger partial charge in [-0.3, -0.25) is 0 Å². The summed E-state index contributed by atoms with van der Waals surface area (Å²) in [5, 5.41) is 1.11. The van der Waals surface area contributed by atoms with Crippen molar-refractivity contribution in [2.75, 3.05) is 6.26 Å². The highest BCUT2D eigenvalue weighted by molar-refractivity contribution is 7.90. The van der Waals surface area contributed by atoms with Crippen LogP contribution >= 0.6 is 9.24 Å². The van der Waals surface area contributed by atoms with Crippen molar-refractivity contribution in [3.63, 3.8) is 0 Å². The standard InChI is InChI=1S/C22H24NO3PS/c1-28(24,25)19-13-9-16(10-14-19)21-20(15-7-11-18(27)12-8-15)23-22(26-21)17-5-3-2-4-6-17/h7-14,17H,2-6,27H2,1H3. The van der Waals surface area contributed by atoms with Crippen molar-refractivity contribution in [3.8, 4) is 22.6 Å². The zero-order valence-electron chi connectivity index (χ0n) is 15.9. The number of nitrogens with zero attached hydrogens (tertiary/aromatic N) is 1. The molecule has 1 atom stereocenters. The minimum Gasteiger partial charge on any atom is -0.440 e. The number of benzene rings is 2. The molecule has 1 unspecified atom stereocenters. The molecule has 1 heterocycles. The maximum atomic E-state index is 11.8. The van der Waals surface area contributed by atoms with Crippen molar-refractivity contribution < 1.29 is 12.8 Å². The van der Waals surface area contributed by atoms with E-state index in [9.17, 15) is 8.42 Å². The van der Waals surface area contributed by atoms with Gasteiger partial charge in [-0.25, -0.2) is 13.4 Å². The summed E-state index contributed by atoms with van der Waals surface area (Å²) in [5.74, 6) is 1.86. The summed E-state index contributed by atoms with van der Waals surface area (Å²) in [6.45, 7) is 0. The monoisotopic (exact) mass is 413 g/mol. The number of aromatic nitrogens is 1. The molecule has 1 aliphatic rings. The Labute approximate surface area is 168 Å². The van der Waals surface area contributed by atoms with E-state index in [1.54, 1.807) is 24.3 Å². The molecule has 28 heavy (non-hydrogen) atoms. The highest BCUT2D eigenvalue weighted by Gasteiger charge is 2.24. The van der Waals surface area contributed by atoms with Gasteiger partial charge in [0.1, 0.15) is 5.69 Å². The first-order chi connectivity index (χ1) is 13.4. The Kier molecular flexibility index (Phi) is 5.39. The maximum absolute atomic E-state index is 11.8. The molecule has 1 saturated carbocycles. The summed E-state index contributed by atoms with van der Waals surface area (Å²) in [6.07, 6.45) is 7.13. The van der Waals surface area contributed by atoms with E-state index >= 15 is 0 Å². The zero-order chi connectivity index (χ0) is 19.7. The van der Waals surface area contributed by atoms with Crippen molar-refractivity contribution in [2.45, 2.75) is 42.9 Å². The second kappa shape index (κ2) is 7.81. The molecule has 2 aromatic carbocycles. The quantitative estimate of drug-likeness (QED) is 0.567. The molecule has 0 radical (unpaired) electrons. The molecule has 4 nitrogen and oxygen atoms in total. The van der Waals surface area contributed by atoms with Gasteiger partial charge in [-0.15, -0.1) is 9.24 Å². The van der Waals surface area contributed by atoms with Gasteiger partial charge in [0.05, 0.1) is 4.90 Å². The molecule has 6 heteroatoms. The third-order valence-corrected chi connectivity index (χ3v) is 6.84. The first kappa shape index (κ1) is 19.4. The van der Waals surface area contributed by atoms with Gasteiger partial charge in [0.25, 0.3) is 0 Å². The second-order valence-electron chi connectivity index (χ2n) is 7.48. The molecule has 0 bridgehead atoms. The van der Waals surface area contributed by atoms with Gasteiger partial charge in [0.2, 0.25) is 0 Å². The Bertz CT molecular complexity index is 1060. The molecule has 1 aromatic heterocycles. The largest absolute Gasteiger partial charge is 0.440 e. The van der Waals surface area contributed by atoms with Gasteiger partial charge in [0.15, 0.2) is 21.5 Å². The van der Waals surface area contributed by atoms with Crippen LogP contribution in [0.25, 0.3) is 22.6 Å². The van der Waals surface area contributed by atoms with Crippen molar-refractivity contribution in [3.05, 3.63) is 54.4 Å². The van der Waals surface area contributed by atoms with Crippen molar-refractivity contribution >= 4 is 24.4 Å². The van der Waals surface area contributed by atoms with E-state index in [1.165, 1.54) is 25.5 Å². The molecule has 0 aliphatic heterocycles. The summed E-state index contributed by atoms with van der Waals surface area (Å²) in [5.41, 5.74) is 2.66. The SMILES string of the molecule is CS(=O)(=O)c1ccc(-c2oc(C3CCCCC3)nc2-c2ccc(P)cc2)cc1. The van der Waals surface area contributed by atoms with Gasteiger partial charge in [-0.1, -0.05) is 43.5 Å². The van der Waals surface area contributed by atoms with E-state index in [1.807, 2.05) is 24.3 Å². The molecule has 0 amide bonds. The van der Waals surface area contributed by atoms with Crippen molar-refractivity contribution in [2.24, 2.45) is 0 Å². The third-order valence-electron chi connectivity index (χ3n) is 5.33. The summed E-state index contributed by atoms with van der Waals surface area (Å²) < 4.78 is 29.8. The van der Waals surface area contributed by atoms with E-state index in [4.69, 9.17) is 9.40 Å². The summed E-state index contributed by atoms with van der Waals surface area (Å²) in [7, 11) is -0.540. The predicted octanol–water partition coefficient (Wildman–Crippen LogP) is 4.96. The highest BCUT2D eigenvalue weighted by atomic mass is 32.2. The second-order valence-corrected chi connectivity index (χ2v) is 10.2. The Hall–Kier alpha value is -1.97. The molecule has 0 spiro atoms. The average Bonchev–Trinajstić information content (AvgIpc) is 3.14.